The predicted molar refractivity (Wildman–Crippen MR) is 37.5 cm³/mol. The van der Waals surface area contributed by atoms with Crippen molar-refractivity contribution < 1.29 is 42.5 Å². The van der Waals surface area contributed by atoms with E-state index in [0.29, 0.717) is 0 Å². The van der Waals surface area contributed by atoms with E-state index in [-0.39, 0.29) is 20.3 Å². The van der Waals surface area contributed by atoms with E-state index >= 15 is 0 Å². The fourth-order valence-electron chi connectivity index (χ4n) is 0.204. The molecule has 0 aromatic heterocycles. The van der Waals surface area contributed by atoms with Crippen LogP contribution in [0.3, 0.4) is 0 Å². The van der Waals surface area contributed by atoms with Crippen LogP contribution in [0.25, 0.3) is 0 Å². The summed E-state index contributed by atoms with van der Waals surface area (Å²) in [7, 11) is -4.67. The maximum absolute atomic E-state index is 8.74. The molecule has 0 aliphatic rings. The SMILES string of the molecule is CCOCC.O=S(=O)(O)O.[H-].[Li+]. The maximum atomic E-state index is 8.74. The minimum absolute atomic E-state index is 0. The van der Waals surface area contributed by atoms with Crippen LogP contribution >= 0.6 is 0 Å². The van der Waals surface area contributed by atoms with Gasteiger partial charge in [-0.25, -0.2) is 0 Å². The summed E-state index contributed by atoms with van der Waals surface area (Å²) in [5, 5.41) is 0. The third-order valence-electron chi connectivity index (χ3n) is 0.408. The second kappa shape index (κ2) is 10.4. The molecule has 66 valence electrons. The molecule has 0 fully saturated rings. The second-order valence-electron chi connectivity index (χ2n) is 1.23. The summed E-state index contributed by atoms with van der Waals surface area (Å²) in [5.41, 5.74) is 0. The van der Waals surface area contributed by atoms with Crippen molar-refractivity contribution >= 4 is 10.4 Å². The van der Waals surface area contributed by atoms with Crippen LogP contribution in [0.5, 0.6) is 0 Å². The van der Waals surface area contributed by atoms with Gasteiger partial charge >= 0.3 is 29.3 Å². The first kappa shape index (κ1) is 17.5. The molecule has 0 rings (SSSR count). The van der Waals surface area contributed by atoms with E-state index in [1.165, 1.54) is 0 Å². The third-order valence-corrected chi connectivity index (χ3v) is 0.408. The molecular weight excluding hydrogens is 167 g/mol. The standard InChI is InChI=1S/C4H10O.Li.H2O4S.H/c1-3-5-4-2;;1-5(2,3)4;/h3-4H2,1-2H3;;(H2,1,2,3,4);/q;+1;;-1. The van der Waals surface area contributed by atoms with Crippen molar-refractivity contribution in [2.24, 2.45) is 0 Å². The first-order valence-corrected chi connectivity index (χ1v) is 4.09. The monoisotopic (exact) mass is 180 g/mol. The number of hydrogen-bond donors (Lipinski definition) is 2. The summed E-state index contributed by atoms with van der Waals surface area (Å²) in [6.07, 6.45) is 0. The van der Waals surface area contributed by atoms with Gasteiger partial charge in [0, 0.05) is 13.2 Å². The molecule has 11 heavy (non-hydrogen) atoms. The summed E-state index contributed by atoms with van der Waals surface area (Å²) < 4.78 is 36.4. The van der Waals surface area contributed by atoms with Crippen molar-refractivity contribution in [3.05, 3.63) is 0 Å². The van der Waals surface area contributed by atoms with E-state index < -0.39 is 10.4 Å². The molecule has 0 spiro atoms. The maximum Gasteiger partial charge on any atom is 1.00 e. The van der Waals surface area contributed by atoms with Gasteiger partial charge in [-0.2, -0.15) is 8.42 Å². The number of hydrogen-bond acceptors (Lipinski definition) is 3. The van der Waals surface area contributed by atoms with Gasteiger partial charge in [0.15, 0.2) is 0 Å². The molecule has 2 N–H and O–H groups in total. The van der Waals surface area contributed by atoms with Gasteiger partial charge in [-0.05, 0) is 13.8 Å². The molecule has 0 saturated heterocycles. The van der Waals surface area contributed by atoms with Gasteiger partial charge in [-0.15, -0.1) is 0 Å². The molecule has 0 aromatic rings. The molecule has 0 aliphatic heterocycles. The van der Waals surface area contributed by atoms with E-state index in [1.807, 2.05) is 13.8 Å². The smallest absolute Gasteiger partial charge is 1.00 e. The minimum atomic E-state index is -4.67. The van der Waals surface area contributed by atoms with Crippen molar-refractivity contribution in [1.82, 2.24) is 0 Å². The third kappa shape index (κ3) is 126. The summed E-state index contributed by atoms with van der Waals surface area (Å²) >= 11 is 0. The molecular formula is C4H13LiO5S. The fourth-order valence-corrected chi connectivity index (χ4v) is 0.204. The van der Waals surface area contributed by atoms with E-state index in [0.717, 1.165) is 13.2 Å². The number of rotatable bonds is 2. The molecule has 0 aliphatic carbocycles. The Morgan fingerprint density at radius 3 is 1.45 bits per heavy atom. The fraction of sp³-hybridized carbons (Fsp3) is 1.00. The van der Waals surface area contributed by atoms with E-state index in [9.17, 15) is 0 Å². The Hall–Kier alpha value is 0.427. The summed E-state index contributed by atoms with van der Waals surface area (Å²) in [6, 6.07) is 0. The van der Waals surface area contributed by atoms with Crippen molar-refractivity contribution in [1.29, 1.82) is 0 Å². The van der Waals surface area contributed by atoms with Crippen molar-refractivity contribution in [3.63, 3.8) is 0 Å². The quantitative estimate of drug-likeness (QED) is 0.362. The van der Waals surface area contributed by atoms with Gasteiger partial charge in [0.1, 0.15) is 0 Å². The molecule has 0 atom stereocenters. The Labute approximate surface area is 80.4 Å². The van der Waals surface area contributed by atoms with Gasteiger partial charge in [-0.1, -0.05) is 0 Å². The van der Waals surface area contributed by atoms with E-state index in [2.05, 4.69) is 0 Å². The zero-order valence-electron chi connectivity index (χ0n) is 7.94. The first-order valence-electron chi connectivity index (χ1n) is 2.69. The average Bonchev–Trinajstić information content (AvgIpc) is 1.63. The van der Waals surface area contributed by atoms with Crippen LogP contribution in [0.4, 0.5) is 0 Å². The molecule has 0 unspecified atom stereocenters. The molecule has 0 radical (unpaired) electrons. The second-order valence-corrected chi connectivity index (χ2v) is 2.12. The predicted octanol–water partition coefficient (Wildman–Crippen LogP) is -2.49. The van der Waals surface area contributed by atoms with Gasteiger partial charge < -0.3 is 6.16 Å². The zero-order valence-corrected chi connectivity index (χ0v) is 7.76. The minimum Gasteiger partial charge on any atom is -1.00 e. The Balaban J connectivity index is -0.0000000457. The van der Waals surface area contributed by atoms with Crippen LogP contribution in [0, 0.1) is 0 Å². The summed E-state index contributed by atoms with van der Waals surface area (Å²) in [6.45, 7) is 5.67. The topological polar surface area (TPSA) is 83.8 Å². The largest absolute Gasteiger partial charge is 1.00 e. The van der Waals surface area contributed by atoms with Gasteiger partial charge in [0.2, 0.25) is 0 Å². The molecule has 0 saturated carbocycles. The normalized spacial score (nSPS) is 9.09. The van der Waals surface area contributed by atoms with Crippen LogP contribution in [-0.4, -0.2) is 30.7 Å². The Bertz CT molecular complexity index is 138. The van der Waals surface area contributed by atoms with Crippen LogP contribution in [0.2, 0.25) is 0 Å². The van der Waals surface area contributed by atoms with E-state index in [1.54, 1.807) is 0 Å². The molecule has 0 aromatic carbocycles. The Morgan fingerprint density at radius 2 is 1.45 bits per heavy atom. The van der Waals surface area contributed by atoms with E-state index in [4.69, 9.17) is 22.3 Å². The van der Waals surface area contributed by atoms with Crippen molar-refractivity contribution in [3.8, 4) is 0 Å². The van der Waals surface area contributed by atoms with Crippen LogP contribution in [0.15, 0.2) is 0 Å². The molecule has 5 nitrogen and oxygen atoms in total. The average molecular weight is 180 g/mol. The van der Waals surface area contributed by atoms with Crippen molar-refractivity contribution in [2.45, 2.75) is 13.8 Å². The molecule has 7 heteroatoms. The Kier molecular flexibility index (Phi) is 16.6. The van der Waals surface area contributed by atoms with Crippen LogP contribution < -0.4 is 18.9 Å². The van der Waals surface area contributed by atoms with Gasteiger partial charge in [0.05, 0.1) is 0 Å². The molecule has 0 bridgehead atoms. The van der Waals surface area contributed by atoms with Crippen LogP contribution in [0.1, 0.15) is 15.3 Å². The first-order chi connectivity index (χ1) is 4.41. The van der Waals surface area contributed by atoms with Gasteiger partial charge in [0.25, 0.3) is 0 Å². The zero-order chi connectivity index (χ0) is 8.62. The molecule has 0 heterocycles. The summed E-state index contributed by atoms with van der Waals surface area (Å²) in [4.78, 5) is 0. The number of ether oxygens (including phenoxy) is 1. The Morgan fingerprint density at radius 1 is 1.27 bits per heavy atom. The van der Waals surface area contributed by atoms with Gasteiger partial charge in [-0.3, -0.25) is 9.11 Å². The summed E-state index contributed by atoms with van der Waals surface area (Å²) in [5.74, 6) is 0. The van der Waals surface area contributed by atoms with Crippen LogP contribution in [-0.2, 0) is 15.1 Å². The molecule has 0 amide bonds. The van der Waals surface area contributed by atoms with Crippen molar-refractivity contribution in [2.75, 3.05) is 13.2 Å².